The molecular formula is C17H21ClN2O. The fourth-order valence-corrected chi connectivity index (χ4v) is 2.71. The minimum absolute atomic E-state index is 0.0206. The molecule has 0 saturated carbocycles. The number of carbonyl (C=O) groups is 1. The normalized spacial score (nSPS) is 12.4. The Kier molecular flexibility index (Phi) is 4.84. The first-order valence-corrected chi connectivity index (χ1v) is 7.67. The molecule has 0 saturated heterocycles. The standard InChI is InChI=1S/C17H21ClN2O/c1-5-14-7-6-8-19-16(14)10-20-11(2)9-15(13(20)4)17(21)12(3)18/h6-9,12H,5,10H2,1-4H3. The molecule has 112 valence electrons. The van der Waals surface area contributed by atoms with Crippen LogP contribution in [0.3, 0.4) is 0 Å². The van der Waals surface area contributed by atoms with Crippen LogP contribution in [0.1, 0.15) is 46.9 Å². The Hall–Kier alpha value is -1.61. The van der Waals surface area contributed by atoms with Crippen molar-refractivity contribution in [3.05, 3.63) is 52.6 Å². The lowest BCUT2D eigenvalue weighted by atomic mass is 10.1. The van der Waals surface area contributed by atoms with Gasteiger partial charge in [0.25, 0.3) is 0 Å². The highest BCUT2D eigenvalue weighted by Crippen LogP contribution is 2.20. The second kappa shape index (κ2) is 6.44. The molecule has 0 fully saturated rings. The molecule has 0 aliphatic rings. The molecule has 2 aromatic heterocycles. The molecule has 0 aliphatic carbocycles. The highest BCUT2D eigenvalue weighted by atomic mass is 35.5. The lowest BCUT2D eigenvalue weighted by Crippen LogP contribution is -2.13. The molecule has 0 aromatic carbocycles. The van der Waals surface area contributed by atoms with E-state index in [-0.39, 0.29) is 5.78 Å². The Balaban J connectivity index is 2.39. The number of halogens is 1. The number of alkyl halides is 1. The molecule has 3 nitrogen and oxygen atoms in total. The molecular weight excluding hydrogens is 284 g/mol. The third kappa shape index (κ3) is 3.18. The molecule has 0 radical (unpaired) electrons. The van der Waals surface area contributed by atoms with E-state index in [4.69, 9.17) is 11.6 Å². The third-order valence-corrected chi connectivity index (χ3v) is 4.07. The molecule has 1 atom stereocenters. The fourth-order valence-electron chi connectivity index (χ4n) is 2.59. The number of Topliss-reactive ketones (excluding diaryl/α,β-unsaturated/α-hetero) is 1. The van der Waals surface area contributed by atoms with E-state index in [1.165, 1.54) is 5.56 Å². The van der Waals surface area contributed by atoms with Crippen molar-refractivity contribution in [2.45, 2.75) is 46.0 Å². The van der Waals surface area contributed by atoms with E-state index in [1.807, 2.05) is 32.2 Å². The molecule has 0 N–H and O–H groups in total. The van der Waals surface area contributed by atoms with Gasteiger partial charge in [-0.05, 0) is 44.9 Å². The summed E-state index contributed by atoms with van der Waals surface area (Å²) in [6, 6.07) is 5.98. The summed E-state index contributed by atoms with van der Waals surface area (Å²) < 4.78 is 2.13. The fraction of sp³-hybridized carbons (Fsp3) is 0.412. The van der Waals surface area contributed by atoms with Crippen molar-refractivity contribution >= 4 is 17.4 Å². The van der Waals surface area contributed by atoms with Crippen LogP contribution in [0.25, 0.3) is 0 Å². The maximum Gasteiger partial charge on any atom is 0.182 e. The molecule has 2 aromatic rings. The van der Waals surface area contributed by atoms with Crippen molar-refractivity contribution in [2.24, 2.45) is 0 Å². The quantitative estimate of drug-likeness (QED) is 0.620. The van der Waals surface area contributed by atoms with Gasteiger partial charge in [-0.15, -0.1) is 11.6 Å². The van der Waals surface area contributed by atoms with Crippen LogP contribution in [0.5, 0.6) is 0 Å². The largest absolute Gasteiger partial charge is 0.342 e. The number of aryl methyl sites for hydroxylation is 2. The Morgan fingerprint density at radius 2 is 2.14 bits per heavy atom. The molecule has 4 heteroatoms. The summed E-state index contributed by atoms with van der Waals surface area (Å²) in [5.41, 5.74) is 5.02. The molecule has 1 unspecified atom stereocenters. The average Bonchev–Trinajstić information content (AvgIpc) is 2.75. The van der Waals surface area contributed by atoms with Gasteiger partial charge in [-0.2, -0.15) is 0 Å². The van der Waals surface area contributed by atoms with E-state index >= 15 is 0 Å². The Morgan fingerprint density at radius 1 is 1.43 bits per heavy atom. The van der Waals surface area contributed by atoms with Crippen molar-refractivity contribution in [1.29, 1.82) is 0 Å². The van der Waals surface area contributed by atoms with Crippen LogP contribution in [-0.2, 0) is 13.0 Å². The first-order valence-electron chi connectivity index (χ1n) is 7.23. The first-order chi connectivity index (χ1) is 9.95. The molecule has 21 heavy (non-hydrogen) atoms. The summed E-state index contributed by atoms with van der Waals surface area (Å²) in [5.74, 6) is -0.0206. The molecule has 0 bridgehead atoms. The van der Waals surface area contributed by atoms with Crippen molar-refractivity contribution in [1.82, 2.24) is 9.55 Å². The van der Waals surface area contributed by atoms with Crippen LogP contribution in [-0.4, -0.2) is 20.7 Å². The number of hydrogen-bond donors (Lipinski definition) is 0. The van der Waals surface area contributed by atoms with Gasteiger partial charge >= 0.3 is 0 Å². The van der Waals surface area contributed by atoms with E-state index in [9.17, 15) is 4.79 Å². The van der Waals surface area contributed by atoms with Crippen LogP contribution in [0.2, 0.25) is 0 Å². The average molecular weight is 305 g/mol. The maximum atomic E-state index is 12.1. The summed E-state index contributed by atoms with van der Waals surface area (Å²) >= 11 is 5.93. The third-order valence-electron chi connectivity index (χ3n) is 3.87. The van der Waals surface area contributed by atoms with Crippen LogP contribution < -0.4 is 0 Å². The maximum absolute atomic E-state index is 12.1. The summed E-state index contributed by atoms with van der Waals surface area (Å²) in [5, 5.41) is -0.500. The highest BCUT2D eigenvalue weighted by molar-refractivity contribution is 6.33. The van der Waals surface area contributed by atoms with Gasteiger partial charge in [0.15, 0.2) is 5.78 Å². The number of nitrogens with zero attached hydrogens (tertiary/aromatic N) is 2. The zero-order valence-electron chi connectivity index (χ0n) is 13.0. The Labute approximate surface area is 131 Å². The Morgan fingerprint density at radius 3 is 2.76 bits per heavy atom. The van der Waals surface area contributed by atoms with Gasteiger partial charge in [-0.3, -0.25) is 9.78 Å². The van der Waals surface area contributed by atoms with Crippen LogP contribution in [0.4, 0.5) is 0 Å². The minimum atomic E-state index is -0.500. The van der Waals surface area contributed by atoms with Crippen LogP contribution in [0, 0.1) is 13.8 Å². The lowest BCUT2D eigenvalue weighted by molar-refractivity contribution is 0.0991. The predicted molar refractivity (Wildman–Crippen MR) is 86.3 cm³/mol. The number of ketones is 1. The Bertz CT molecular complexity index is 659. The zero-order valence-corrected chi connectivity index (χ0v) is 13.7. The van der Waals surface area contributed by atoms with Gasteiger partial charge in [-0.1, -0.05) is 13.0 Å². The van der Waals surface area contributed by atoms with Crippen molar-refractivity contribution in [3.8, 4) is 0 Å². The monoisotopic (exact) mass is 304 g/mol. The molecule has 0 spiro atoms. The second-order valence-corrected chi connectivity index (χ2v) is 5.97. The number of pyridine rings is 1. The lowest BCUT2D eigenvalue weighted by Gasteiger charge is -2.12. The summed E-state index contributed by atoms with van der Waals surface area (Å²) in [6.45, 7) is 8.50. The molecule has 2 heterocycles. The first kappa shape index (κ1) is 15.8. The van der Waals surface area contributed by atoms with E-state index in [0.717, 1.165) is 23.5 Å². The minimum Gasteiger partial charge on any atom is -0.342 e. The van der Waals surface area contributed by atoms with E-state index in [0.29, 0.717) is 12.1 Å². The zero-order chi connectivity index (χ0) is 15.6. The summed E-state index contributed by atoms with van der Waals surface area (Å²) in [4.78, 5) is 16.6. The number of hydrogen-bond acceptors (Lipinski definition) is 2. The van der Waals surface area contributed by atoms with Gasteiger partial charge in [0.1, 0.15) is 0 Å². The van der Waals surface area contributed by atoms with Gasteiger partial charge < -0.3 is 4.57 Å². The van der Waals surface area contributed by atoms with E-state index < -0.39 is 5.38 Å². The predicted octanol–water partition coefficient (Wildman–Crippen LogP) is 3.92. The van der Waals surface area contributed by atoms with Gasteiger partial charge in [-0.25, -0.2) is 0 Å². The SMILES string of the molecule is CCc1cccnc1Cn1c(C)cc(C(=O)C(C)Cl)c1C. The summed E-state index contributed by atoms with van der Waals surface area (Å²) in [6.07, 6.45) is 2.77. The topological polar surface area (TPSA) is 34.9 Å². The molecule has 2 rings (SSSR count). The summed E-state index contributed by atoms with van der Waals surface area (Å²) in [7, 11) is 0. The smallest absolute Gasteiger partial charge is 0.182 e. The van der Waals surface area contributed by atoms with Crippen molar-refractivity contribution in [3.63, 3.8) is 0 Å². The van der Waals surface area contributed by atoms with Gasteiger partial charge in [0.2, 0.25) is 0 Å². The molecule has 0 aliphatic heterocycles. The van der Waals surface area contributed by atoms with Gasteiger partial charge in [0, 0.05) is 23.1 Å². The van der Waals surface area contributed by atoms with E-state index in [2.05, 4.69) is 22.5 Å². The van der Waals surface area contributed by atoms with Crippen LogP contribution in [0.15, 0.2) is 24.4 Å². The number of rotatable bonds is 5. The van der Waals surface area contributed by atoms with Crippen molar-refractivity contribution in [2.75, 3.05) is 0 Å². The number of aromatic nitrogens is 2. The number of carbonyl (C=O) groups excluding carboxylic acids is 1. The van der Waals surface area contributed by atoms with E-state index in [1.54, 1.807) is 6.92 Å². The van der Waals surface area contributed by atoms with Gasteiger partial charge in [0.05, 0.1) is 17.6 Å². The highest BCUT2D eigenvalue weighted by Gasteiger charge is 2.19. The van der Waals surface area contributed by atoms with Crippen molar-refractivity contribution < 1.29 is 4.79 Å². The molecule has 0 amide bonds. The van der Waals surface area contributed by atoms with Crippen LogP contribution >= 0.6 is 11.6 Å². The second-order valence-electron chi connectivity index (χ2n) is 5.31.